The summed E-state index contributed by atoms with van der Waals surface area (Å²) in [7, 11) is -3.86. The van der Waals surface area contributed by atoms with Crippen molar-refractivity contribution in [3.05, 3.63) is 23.8 Å². The van der Waals surface area contributed by atoms with Gasteiger partial charge in [0.05, 0.1) is 13.2 Å². The largest absolute Gasteiger partial charge is 0.493 e. The first-order valence-corrected chi connectivity index (χ1v) is 27.3. The zero-order valence-electron chi connectivity index (χ0n) is 38.2. The van der Waals surface area contributed by atoms with E-state index in [2.05, 4.69) is 90.0 Å². The standard InChI is InChI=1S/C47H92O5Si2/c1-14-15-16-17-18-22-25-28-31-47(52-54(41(8)9,42(10)11)43(12)13)51-45-33-32-44(37-48)46(36-45)49-34-29-26-23-20-19-21-24-27-30-35-50-53(38(2)3,39(4)5)40(6)7/h32-33,36,38-43,47-48H,14-31,34-35,37H2,1-13H3. The molecule has 1 N–H and O–H groups in total. The molecule has 0 spiro atoms. The van der Waals surface area contributed by atoms with Crippen molar-refractivity contribution < 1.29 is 23.4 Å². The van der Waals surface area contributed by atoms with Crippen molar-refractivity contribution >= 4 is 16.6 Å². The van der Waals surface area contributed by atoms with Crippen LogP contribution >= 0.6 is 0 Å². The Morgan fingerprint density at radius 3 is 1.39 bits per heavy atom. The fourth-order valence-electron chi connectivity index (χ4n) is 9.62. The third-order valence-electron chi connectivity index (χ3n) is 12.4. The van der Waals surface area contributed by atoms with Crippen molar-refractivity contribution in [3.8, 4) is 11.5 Å². The minimum Gasteiger partial charge on any atom is -0.493 e. The normalized spacial score (nSPS) is 13.4. The van der Waals surface area contributed by atoms with Gasteiger partial charge < -0.3 is 23.4 Å². The number of rotatable bonds is 34. The molecule has 0 aromatic heterocycles. The van der Waals surface area contributed by atoms with Crippen LogP contribution in [-0.4, -0.2) is 41.2 Å². The summed E-state index contributed by atoms with van der Waals surface area (Å²) in [6, 6.07) is 5.93. The van der Waals surface area contributed by atoms with Crippen LogP contribution in [0.25, 0.3) is 0 Å². The number of unbranched alkanes of at least 4 members (excludes halogenated alkanes) is 15. The summed E-state index contributed by atoms with van der Waals surface area (Å²) in [5.41, 5.74) is 4.29. The molecule has 0 fully saturated rings. The van der Waals surface area contributed by atoms with E-state index in [9.17, 15) is 5.11 Å². The number of benzene rings is 1. The van der Waals surface area contributed by atoms with Gasteiger partial charge in [-0.05, 0) is 64.6 Å². The van der Waals surface area contributed by atoms with Gasteiger partial charge in [-0.2, -0.15) is 0 Å². The van der Waals surface area contributed by atoms with Gasteiger partial charge in [-0.1, -0.05) is 180 Å². The van der Waals surface area contributed by atoms with Crippen LogP contribution in [0.15, 0.2) is 18.2 Å². The van der Waals surface area contributed by atoms with Crippen molar-refractivity contribution in [2.24, 2.45) is 0 Å². The average molecular weight is 793 g/mol. The Balaban J connectivity index is 2.62. The van der Waals surface area contributed by atoms with Gasteiger partial charge >= 0.3 is 0 Å². The molecular weight excluding hydrogens is 701 g/mol. The van der Waals surface area contributed by atoms with E-state index in [4.69, 9.17) is 18.3 Å². The molecule has 5 nitrogen and oxygen atoms in total. The molecule has 318 valence electrons. The predicted octanol–water partition coefficient (Wildman–Crippen LogP) is 15.7. The third kappa shape index (κ3) is 17.3. The number of aliphatic hydroxyl groups is 1. The van der Waals surface area contributed by atoms with Crippen LogP contribution in [0.4, 0.5) is 0 Å². The first-order valence-electron chi connectivity index (χ1n) is 23.0. The van der Waals surface area contributed by atoms with E-state index >= 15 is 0 Å². The molecular formula is C47H92O5Si2. The maximum absolute atomic E-state index is 10.1. The van der Waals surface area contributed by atoms with Gasteiger partial charge in [0.25, 0.3) is 0 Å². The maximum Gasteiger partial charge on any atom is 0.205 e. The van der Waals surface area contributed by atoms with E-state index < -0.39 is 16.6 Å². The van der Waals surface area contributed by atoms with Crippen molar-refractivity contribution in [1.29, 1.82) is 0 Å². The number of hydrogen-bond acceptors (Lipinski definition) is 5. The molecule has 0 amide bonds. The molecule has 0 aliphatic rings. The van der Waals surface area contributed by atoms with Gasteiger partial charge in [-0.25, -0.2) is 0 Å². The molecule has 1 aromatic rings. The summed E-state index contributed by atoms with van der Waals surface area (Å²) in [5, 5.41) is 10.1. The monoisotopic (exact) mass is 793 g/mol. The smallest absolute Gasteiger partial charge is 0.205 e. The summed E-state index contributed by atoms with van der Waals surface area (Å²) < 4.78 is 27.0. The van der Waals surface area contributed by atoms with Gasteiger partial charge in [-0.3, -0.25) is 0 Å². The highest BCUT2D eigenvalue weighted by atomic mass is 28.4. The number of ether oxygens (including phenoxy) is 2. The van der Waals surface area contributed by atoms with Crippen LogP contribution in [0.1, 0.15) is 211 Å². The maximum atomic E-state index is 10.1. The summed E-state index contributed by atoms with van der Waals surface area (Å²) in [4.78, 5) is 0. The molecule has 1 unspecified atom stereocenters. The van der Waals surface area contributed by atoms with Crippen molar-refractivity contribution in [2.45, 2.75) is 252 Å². The van der Waals surface area contributed by atoms with Gasteiger partial charge in [-0.15, -0.1) is 0 Å². The lowest BCUT2D eigenvalue weighted by Crippen LogP contribution is -2.51. The van der Waals surface area contributed by atoms with Crippen LogP contribution in [0.2, 0.25) is 33.2 Å². The van der Waals surface area contributed by atoms with Crippen molar-refractivity contribution in [2.75, 3.05) is 13.2 Å². The van der Waals surface area contributed by atoms with Crippen molar-refractivity contribution in [3.63, 3.8) is 0 Å². The Bertz CT molecular complexity index is 1010. The van der Waals surface area contributed by atoms with E-state index in [1.165, 1.54) is 96.3 Å². The molecule has 7 heteroatoms. The molecule has 0 aliphatic carbocycles. The van der Waals surface area contributed by atoms with E-state index in [1.807, 2.05) is 18.2 Å². The summed E-state index contributed by atoms with van der Waals surface area (Å²) in [6.07, 6.45) is 22.1. The molecule has 0 saturated carbocycles. The second-order valence-corrected chi connectivity index (χ2v) is 29.2. The van der Waals surface area contributed by atoms with Gasteiger partial charge in [0.2, 0.25) is 8.32 Å². The quantitative estimate of drug-likeness (QED) is 0.0428. The minimum atomic E-state index is -2.13. The van der Waals surface area contributed by atoms with Gasteiger partial charge in [0.1, 0.15) is 11.5 Å². The molecule has 1 aromatic carbocycles. The van der Waals surface area contributed by atoms with E-state index in [0.717, 1.165) is 42.9 Å². The fraction of sp³-hybridized carbons (Fsp3) is 0.872. The number of aliphatic hydroxyl groups excluding tert-OH is 1. The van der Waals surface area contributed by atoms with E-state index in [1.54, 1.807) is 0 Å². The second-order valence-electron chi connectivity index (χ2n) is 18.4. The van der Waals surface area contributed by atoms with E-state index in [0.29, 0.717) is 39.9 Å². The Morgan fingerprint density at radius 1 is 0.519 bits per heavy atom. The Morgan fingerprint density at radius 2 is 0.944 bits per heavy atom. The molecule has 0 heterocycles. The summed E-state index contributed by atoms with van der Waals surface area (Å²) in [6.45, 7) is 32.2. The molecule has 0 saturated heterocycles. The van der Waals surface area contributed by atoms with Crippen LogP contribution in [0.3, 0.4) is 0 Å². The average Bonchev–Trinajstić information content (AvgIpc) is 3.10. The minimum absolute atomic E-state index is 0.0417. The summed E-state index contributed by atoms with van der Waals surface area (Å²) in [5.74, 6) is 1.51. The second kappa shape index (κ2) is 28.5. The van der Waals surface area contributed by atoms with Crippen LogP contribution in [0, 0.1) is 0 Å². The zero-order valence-corrected chi connectivity index (χ0v) is 40.2. The molecule has 0 aliphatic heterocycles. The fourth-order valence-corrected chi connectivity index (χ4v) is 20.6. The molecule has 1 rings (SSSR count). The van der Waals surface area contributed by atoms with Crippen LogP contribution in [0.5, 0.6) is 11.5 Å². The van der Waals surface area contributed by atoms with Crippen LogP contribution < -0.4 is 9.47 Å². The summed E-state index contributed by atoms with van der Waals surface area (Å²) >= 11 is 0. The first kappa shape index (κ1) is 51.2. The number of hydrogen-bond donors (Lipinski definition) is 1. The lowest BCUT2D eigenvalue weighted by atomic mass is 10.1. The molecule has 54 heavy (non-hydrogen) atoms. The SMILES string of the molecule is CCCCCCCCCCC(Oc1ccc(CO)c(OCCCCCCCCCCCO[Si](C(C)C)(C(C)C)C(C)C)c1)O[Si](C(C)C)(C(C)C)C(C)C. The van der Waals surface area contributed by atoms with Crippen molar-refractivity contribution in [1.82, 2.24) is 0 Å². The highest BCUT2D eigenvalue weighted by Gasteiger charge is 2.47. The first-order chi connectivity index (χ1) is 25.7. The van der Waals surface area contributed by atoms with Crippen LogP contribution in [-0.2, 0) is 15.5 Å². The lowest BCUT2D eigenvalue weighted by Gasteiger charge is -2.44. The Labute approximate surface area is 339 Å². The Kier molecular flexibility index (Phi) is 27.0. The molecule has 0 bridgehead atoms. The highest BCUT2D eigenvalue weighted by molar-refractivity contribution is 6.78. The molecule has 1 atom stereocenters. The van der Waals surface area contributed by atoms with Gasteiger partial charge in [0, 0.05) is 24.7 Å². The third-order valence-corrected chi connectivity index (χ3v) is 24.6. The molecule has 0 radical (unpaired) electrons. The highest BCUT2D eigenvalue weighted by Crippen LogP contribution is 2.44. The Hall–Kier alpha value is -0.866. The van der Waals surface area contributed by atoms with Gasteiger partial charge in [0.15, 0.2) is 14.6 Å². The topological polar surface area (TPSA) is 57.2 Å². The zero-order chi connectivity index (χ0) is 40.6. The predicted molar refractivity (Wildman–Crippen MR) is 240 cm³/mol. The van der Waals surface area contributed by atoms with E-state index in [-0.39, 0.29) is 12.9 Å². The lowest BCUT2D eigenvalue weighted by molar-refractivity contribution is -0.0167.